The first-order valence-corrected chi connectivity index (χ1v) is 13.2. The summed E-state index contributed by atoms with van der Waals surface area (Å²) in [6.45, 7) is 5.78. The number of carbonyl (C=O) groups excluding carboxylic acids is 1. The first kappa shape index (κ1) is 25.7. The number of allylic oxidation sites excluding steroid dienone is 3. The number of aromatic nitrogens is 2. The number of hydrogen-bond acceptors (Lipinski definition) is 4. The van der Waals surface area contributed by atoms with Crippen LogP contribution in [0.25, 0.3) is 6.08 Å². The van der Waals surface area contributed by atoms with E-state index in [1.807, 2.05) is 35.0 Å². The summed E-state index contributed by atoms with van der Waals surface area (Å²) < 4.78 is 5.75. The Hall–Kier alpha value is -3.41. The molecule has 1 aromatic carbocycles. The molecule has 2 unspecified atom stereocenters. The second-order valence-corrected chi connectivity index (χ2v) is 9.69. The van der Waals surface area contributed by atoms with Gasteiger partial charge in [0.25, 0.3) is 0 Å². The third kappa shape index (κ3) is 6.84. The number of nitrogens with zero attached hydrogens (tertiary/aromatic N) is 4. The lowest BCUT2D eigenvalue weighted by molar-refractivity contribution is 0.155. The van der Waals surface area contributed by atoms with Crippen LogP contribution in [-0.4, -0.2) is 52.0 Å². The fourth-order valence-electron chi connectivity index (χ4n) is 4.72. The summed E-state index contributed by atoms with van der Waals surface area (Å²) in [6.07, 6.45) is 18.8. The van der Waals surface area contributed by atoms with Crippen LogP contribution in [0.3, 0.4) is 0 Å². The van der Waals surface area contributed by atoms with Crippen molar-refractivity contribution in [1.29, 1.82) is 0 Å². The molecule has 6 heteroatoms. The van der Waals surface area contributed by atoms with Gasteiger partial charge < -0.3 is 14.5 Å². The van der Waals surface area contributed by atoms with Gasteiger partial charge in [0, 0.05) is 44.5 Å². The Balaban J connectivity index is 0.000000967. The zero-order valence-corrected chi connectivity index (χ0v) is 21.8. The zero-order chi connectivity index (χ0) is 25.3. The molecule has 2 aliphatic carbocycles. The molecule has 5 rings (SSSR count). The highest BCUT2D eigenvalue weighted by molar-refractivity contribution is 5.75. The number of rotatable bonds is 5. The van der Waals surface area contributed by atoms with Gasteiger partial charge in [-0.05, 0) is 61.4 Å². The number of hydrogen-bond donors (Lipinski definition) is 0. The van der Waals surface area contributed by atoms with Crippen LogP contribution in [0, 0.1) is 5.92 Å². The van der Waals surface area contributed by atoms with Crippen molar-refractivity contribution < 1.29 is 9.53 Å². The maximum atomic E-state index is 13.1. The van der Waals surface area contributed by atoms with Gasteiger partial charge >= 0.3 is 12.0 Å². The van der Waals surface area contributed by atoms with Gasteiger partial charge in [0.2, 0.25) is 0 Å². The molecule has 2 heterocycles. The Bertz CT molecular complexity index is 1100. The van der Waals surface area contributed by atoms with Crippen LogP contribution in [0.4, 0.5) is 4.79 Å². The Morgan fingerprint density at radius 2 is 1.89 bits per heavy atom. The lowest BCUT2D eigenvalue weighted by Gasteiger charge is -2.32. The van der Waals surface area contributed by atoms with Gasteiger partial charge in [-0.25, -0.2) is 14.8 Å². The number of carbonyl (C=O) groups is 1. The van der Waals surface area contributed by atoms with Crippen molar-refractivity contribution in [3.63, 3.8) is 0 Å². The Morgan fingerprint density at radius 1 is 1.14 bits per heavy atom. The molecular weight excluding hydrogens is 448 g/mol. The second kappa shape index (κ2) is 12.5. The van der Waals surface area contributed by atoms with Crippen molar-refractivity contribution in [3.05, 3.63) is 77.7 Å². The Kier molecular flexibility index (Phi) is 8.93. The molecule has 2 fully saturated rings. The van der Waals surface area contributed by atoms with E-state index in [1.54, 1.807) is 18.5 Å². The molecule has 1 saturated heterocycles. The molecule has 1 aromatic heterocycles. The fourth-order valence-corrected chi connectivity index (χ4v) is 4.72. The van der Waals surface area contributed by atoms with Crippen molar-refractivity contribution in [1.82, 2.24) is 19.8 Å². The fraction of sp³-hybridized carbons (Fsp3) is 0.433. The van der Waals surface area contributed by atoms with Crippen LogP contribution in [-0.2, 0) is 0 Å². The van der Waals surface area contributed by atoms with Crippen molar-refractivity contribution in [3.8, 4) is 11.8 Å². The van der Waals surface area contributed by atoms with Crippen LogP contribution in [0.1, 0.15) is 57.9 Å². The molecule has 2 aromatic rings. The number of benzene rings is 1. The van der Waals surface area contributed by atoms with Crippen LogP contribution < -0.4 is 4.74 Å². The minimum absolute atomic E-state index is 0.167. The van der Waals surface area contributed by atoms with E-state index in [4.69, 9.17) is 4.74 Å². The zero-order valence-electron chi connectivity index (χ0n) is 21.8. The molecule has 190 valence electrons. The third-order valence-corrected chi connectivity index (χ3v) is 6.66. The molecule has 1 saturated carbocycles. The average Bonchev–Trinajstić information content (AvgIpc) is 3.71. The molecule has 2 amide bonds. The largest absolute Gasteiger partial charge is 0.424 e. The molecule has 0 bridgehead atoms. The second-order valence-electron chi connectivity index (χ2n) is 9.69. The summed E-state index contributed by atoms with van der Waals surface area (Å²) in [5.74, 6) is 1.23. The minimum atomic E-state index is 0.167. The summed E-state index contributed by atoms with van der Waals surface area (Å²) in [6, 6.07) is 10.6. The van der Waals surface area contributed by atoms with E-state index in [0.717, 1.165) is 50.8 Å². The standard InChI is InChI=1S/C27H30N4O2.C3H8/c1-30(25-19-24(25)22-8-3-2-4-9-22)27(32)31-15-11-20(12-16-31)17-21-7-5-10-23(18-21)33-26-28-13-6-14-29-26;1-3-2/h3,5-10,13-14,17-18,24-25H,2,4,11-12,15-16,19H2,1H3;3H2,1-2H3. The molecule has 0 N–H and O–H groups in total. The highest BCUT2D eigenvalue weighted by atomic mass is 16.5. The molecule has 0 radical (unpaired) electrons. The number of urea groups is 1. The van der Waals surface area contributed by atoms with E-state index >= 15 is 0 Å². The van der Waals surface area contributed by atoms with Gasteiger partial charge in [-0.3, -0.25) is 0 Å². The molecule has 6 nitrogen and oxygen atoms in total. The molecule has 1 aliphatic heterocycles. The molecule has 36 heavy (non-hydrogen) atoms. The van der Waals surface area contributed by atoms with E-state index < -0.39 is 0 Å². The van der Waals surface area contributed by atoms with Crippen LogP contribution in [0.5, 0.6) is 11.8 Å². The predicted molar refractivity (Wildman–Crippen MR) is 145 cm³/mol. The average molecular weight is 487 g/mol. The molecule has 3 aliphatic rings. The summed E-state index contributed by atoms with van der Waals surface area (Å²) in [5.41, 5.74) is 3.86. The highest BCUT2D eigenvalue weighted by Gasteiger charge is 2.44. The molecular formula is C30H38N4O2. The summed E-state index contributed by atoms with van der Waals surface area (Å²) in [5, 5.41) is 0. The normalized spacial score (nSPS) is 20.6. The molecule has 0 spiro atoms. The van der Waals surface area contributed by atoms with Crippen molar-refractivity contribution in [2.45, 2.75) is 58.4 Å². The SMILES string of the molecule is CCC.CN(C(=O)N1CCC(=Cc2cccc(Oc3ncccn3)c2)CC1)C1CC1C1=CCCC=C1. The Labute approximate surface area is 215 Å². The number of amides is 2. The lowest BCUT2D eigenvalue weighted by atomic mass is 10.0. The third-order valence-electron chi connectivity index (χ3n) is 6.66. The van der Waals surface area contributed by atoms with Gasteiger partial charge in [-0.15, -0.1) is 0 Å². The summed E-state index contributed by atoms with van der Waals surface area (Å²) in [7, 11) is 1.97. The highest BCUT2D eigenvalue weighted by Crippen LogP contribution is 2.43. The van der Waals surface area contributed by atoms with Crippen LogP contribution >= 0.6 is 0 Å². The van der Waals surface area contributed by atoms with Crippen molar-refractivity contribution in [2.75, 3.05) is 20.1 Å². The van der Waals surface area contributed by atoms with Gasteiger partial charge in [-0.2, -0.15) is 0 Å². The van der Waals surface area contributed by atoms with Gasteiger partial charge in [0.05, 0.1) is 0 Å². The first-order chi connectivity index (χ1) is 17.6. The summed E-state index contributed by atoms with van der Waals surface area (Å²) in [4.78, 5) is 25.2. The number of likely N-dealkylation sites (tertiary alicyclic amines) is 1. The van der Waals surface area contributed by atoms with Crippen molar-refractivity contribution in [2.24, 2.45) is 5.92 Å². The predicted octanol–water partition coefficient (Wildman–Crippen LogP) is 6.88. The number of piperidine rings is 1. The first-order valence-electron chi connectivity index (χ1n) is 13.2. The maximum absolute atomic E-state index is 13.1. The van der Waals surface area contributed by atoms with Crippen molar-refractivity contribution >= 4 is 12.1 Å². The van der Waals surface area contributed by atoms with Gasteiger partial charge in [0.15, 0.2) is 0 Å². The topological polar surface area (TPSA) is 58.6 Å². The van der Waals surface area contributed by atoms with E-state index in [1.165, 1.54) is 17.6 Å². The monoisotopic (exact) mass is 486 g/mol. The van der Waals surface area contributed by atoms with E-state index in [-0.39, 0.29) is 6.03 Å². The Morgan fingerprint density at radius 3 is 2.58 bits per heavy atom. The van der Waals surface area contributed by atoms with Gasteiger partial charge in [0.1, 0.15) is 5.75 Å². The van der Waals surface area contributed by atoms with E-state index in [9.17, 15) is 4.79 Å². The van der Waals surface area contributed by atoms with Crippen LogP contribution in [0.15, 0.2) is 72.1 Å². The summed E-state index contributed by atoms with van der Waals surface area (Å²) >= 11 is 0. The van der Waals surface area contributed by atoms with E-state index in [0.29, 0.717) is 23.7 Å². The quantitative estimate of drug-likeness (QED) is 0.462. The number of ether oxygens (including phenoxy) is 1. The minimum Gasteiger partial charge on any atom is -0.424 e. The van der Waals surface area contributed by atoms with E-state index in [2.05, 4.69) is 54.2 Å². The molecule has 2 atom stereocenters. The lowest BCUT2D eigenvalue weighted by Crippen LogP contribution is -2.45. The van der Waals surface area contributed by atoms with Crippen LogP contribution in [0.2, 0.25) is 0 Å². The van der Waals surface area contributed by atoms with Gasteiger partial charge in [-0.1, -0.05) is 62.3 Å². The maximum Gasteiger partial charge on any atom is 0.321 e. The smallest absolute Gasteiger partial charge is 0.321 e.